The molecule has 0 bridgehead atoms. The number of hydrogen-bond donors (Lipinski definition) is 3. The van der Waals surface area contributed by atoms with Crippen molar-refractivity contribution in [2.75, 3.05) is 10.6 Å². The van der Waals surface area contributed by atoms with Crippen LogP contribution in [0, 0.1) is 0 Å². The maximum Gasteiger partial charge on any atom is 0.326 e. The van der Waals surface area contributed by atoms with E-state index in [1.165, 1.54) is 0 Å². The number of benzene rings is 1. The zero-order valence-corrected chi connectivity index (χ0v) is 7.90. The number of nitrogens with one attached hydrogen (secondary N) is 3. The largest absolute Gasteiger partial charge is 0.331 e. The molecule has 76 valence electrons. The Bertz CT molecular complexity index is 424. The van der Waals surface area contributed by atoms with Gasteiger partial charge in [-0.15, -0.1) is 0 Å². The van der Waals surface area contributed by atoms with Gasteiger partial charge in [0, 0.05) is 18.1 Å². The molecule has 0 aliphatic heterocycles. The van der Waals surface area contributed by atoms with E-state index in [0.717, 1.165) is 5.69 Å². The third-order valence-corrected chi connectivity index (χ3v) is 1.76. The predicted octanol–water partition coefficient (Wildman–Crippen LogP) is 2.05. The Balaban J connectivity index is 1.94. The van der Waals surface area contributed by atoms with Crippen LogP contribution in [0.5, 0.6) is 0 Å². The van der Waals surface area contributed by atoms with Crippen molar-refractivity contribution >= 4 is 17.7 Å². The molecule has 2 amide bonds. The zero-order valence-electron chi connectivity index (χ0n) is 7.90. The number of rotatable bonds is 2. The quantitative estimate of drug-likeness (QED) is 0.697. The lowest BCUT2D eigenvalue weighted by Gasteiger charge is -2.04. The summed E-state index contributed by atoms with van der Waals surface area (Å²) in [6, 6.07) is 8.88. The van der Waals surface area contributed by atoms with Crippen molar-refractivity contribution in [1.82, 2.24) is 9.97 Å². The standard InChI is InChI=1S/C10H10N4O/c15-10(14-9-11-6-7-12-9)13-8-4-2-1-3-5-8/h1-7H,(H3,11,12,13,14,15). The van der Waals surface area contributed by atoms with Crippen molar-refractivity contribution in [1.29, 1.82) is 0 Å². The molecule has 0 spiro atoms. The van der Waals surface area contributed by atoms with Crippen molar-refractivity contribution in [2.45, 2.75) is 0 Å². The maximum absolute atomic E-state index is 11.4. The second-order valence-corrected chi connectivity index (χ2v) is 2.88. The van der Waals surface area contributed by atoms with Gasteiger partial charge in [-0.25, -0.2) is 9.78 Å². The molecule has 0 radical (unpaired) electrons. The monoisotopic (exact) mass is 202 g/mol. The fourth-order valence-corrected chi connectivity index (χ4v) is 1.13. The van der Waals surface area contributed by atoms with E-state index in [-0.39, 0.29) is 6.03 Å². The highest BCUT2D eigenvalue weighted by atomic mass is 16.2. The minimum Gasteiger partial charge on any atom is -0.331 e. The average Bonchev–Trinajstić information content (AvgIpc) is 2.71. The van der Waals surface area contributed by atoms with E-state index in [2.05, 4.69) is 20.6 Å². The summed E-state index contributed by atoms with van der Waals surface area (Å²) >= 11 is 0. The van der Waals surface area contributed by atoms with Gasteiger partial charge in [0.15, 0.2) is 0 Å². The van der Waals surface area contributed by atoms with Crippen LogP contribution in [0.1, 0.15) is 0 Å². The number of nitrogens with zero attached hydrogens (tertiary/aromatic N) is 1. The first-order chi connectivity index (χ1) is 7.34. The SMILES string of the molecule is O=C(Nc1ccccc1)Nc1ncc[nH]1. The van der Waals surface area contributed by atoms with E-state index in [9.17, 15) is 4.79 Å². The van der Waals surface area contributed by atoms with Gasteiger partial charge in [-0.1, -0.05) is 18.2 Å². The number of aromatic amines is 1. The molecule has 0 atom stereocenters. The van der Waals surface area contributed by atoms with E-state index in [4.69, 9.17) is 0 Å². The van der Waals surface area contributed by atoms with E-state index < -0.39 is 0 Å². The molecule has 5 nitrogen and oxygen atoms in total. The smallest absolute Gasteiger partial charge is 0.326 e. The first-order valence-corrected chi connectivity index (χ1v) is 4.47. The highest BCUT2D eigenvalue weighted by Gasteiger charge is 2.02. The number of hydrogen-bond acceptors (Lipinski definition) is 2. The van der Waals surface area contributed by atoms with Crippen molar-refractivity contribution in [2.24, 2.45) is 0 Å². The molecular weight excluding hydrogens is 192 g/mol. The number of para-hydroxylation sites is 1. The minimum absolute atomic E-state index is 0.323. The van der Waals surface area contributed by atoms with Gasteiger partial charge >= 0.3 is 6.03 Å². The number of urea groups is 1. The Morgan fingerprint density at radius 1 is 1.20 bits per heavy atom. The Labute approximate surface area is 86.5 Å². The summed E-state index contributed by atoms with van der Waals surface area (Å²) in [5, 5.41) is 5.22. The molecule has 15 heavy (non-hydrogen) atoms. The Morgan fingerprint density at radius 3 is 2.67 bits per heavy atom. The number of imidazole rings is 1. The van der Waals surface area contributed by atoms with Gasteiger partial charge in [0.05, 0.1) is 0 Å². The zero-order chi connectivity index (χ0) is 10.5. The summed E-state index contributed by atoms with van der Waals surface area (Å²) in [6.07, 6.45) is 3.20. The normalized spacial score (nSPS) is 9.60. The molecule has 1 aromatic heterocycles. The number of aromatic nitrogens is 2. The Hall–Kier alpha value is -2.30. The molecule has 5 heteroatoms. The average molecular weight is 202 g/mol. The summed E-state index contributed by atoms with van der Waals surface area (Å²) < 4.78 is 0. The highest BCUT2D eigenvalue weighted by Crippen LogP contribution is 2.05. The van der Waals surface area contributed by atoms with Crippen LogP contribution in [0.15, 0.2) is 42.7 Å². The molecule has 1 heterocycles. The molecule has 0 fully saturated rings. The third kappa shape index (κ3) is 2.57. The molecule has 2 aromatic rings. The van der Waals surface area contributed by atoms with Gasteiger partial charge in [-0.3, -0.25) is 5.32 Å². The molecule has 0 aliphatic carbocycles. The van der Waals surface area contributed by atoms with Crippen molar-refractivity contribution < 1.29 is 4.79 Å². The predicted molar refractivity (Wildman–Crippen MR) is 57.7 cm³/mol. The molecule has 3 N–H and O–H groups in total. The van der Waals surface area contributed by atoms with Crippen LogP contribution < -0.4 is 10.6 Å². The third-order valence-electron chi connectivity index (χ3n) is 1.76. The lowest BCUT2D eigenvalue weighted by Crippen LogP contribution is -2.19. The van der Waals surface area contributed by atoms with Crippen molar-refractivity contribution in [3.63, 3.8) is 0 Å². The first-order valence-electron chi connectivity index (χ1n) is 4.47. The van der Waals surface area contributed by atoms with Gasteiger partial charge in [-0.05, 0) is 12.1 Å². The molecular formula is C10H10N4O. The van der Waals surface area contributed by atoms with Gasteiger partial charge in [0.25, 0.3) is 0 Å². The van der Waals surface area contributed by atoms with Gasteiger partial charge in [-0.2, -0.15) is 0 Å². The van der Waals surface area contributed by atoms with Crippen molar-refractivity contribution in [3.05, 3.63) is 42.7 Å². The highest BCUT2D eigenvalue weighted by molar-refractivity contribution is 5.98. The fourth-order valence-electron chi connectivity index (χ4n) is 1.13. The van der Waals surface area contributed by atoms with Gasteiger partial charge in [0.1, 0.15) is 0 Å². The van der Waals surface area contributed by atoms with Crippen LogP contribution in [0.2, 0.25) is 0 Å². The first kappa shape index (κ1) is 9.26. The van der Waals surface area contributed by atoms with E-state index in [0.29, 0.717) is 5.95 Å². The Kier molecular flexibility index (Phi) is 2.64. The summed E-state index contributed by atoms with van der Waals surface area (Å²) in [5.41, 5.74) is 0.738. The molecule has 0 unspecified atom stereocenters. The molecule has 0 saturated carbocycles. The lowest BCUT2D eigenvalue weighted by atomic mass is 10.3. The molecule has 0 aliphatic rings. The number of amides is 2. The molecule has 2 rings (SSSR count). The van der Waals surface area contributed by atoms with Crippen LogP contribution in [-0.4, -0.2) is 16.0 Å². The topological polar surface area (TPSA) is 69.8 Å². The second-order valence-electron chi connectivity index (χ2n) is 2.88. The second kappa shape index (κ2) is 4.28. The lowest BCUT2D eigenvalue weighted by molar-refractivity contribution is 0.262. The molecule has 1 aromatic carbocycles. The number of carbonyl (C=O) groups excluding carboxylic acids is 1. The summed E-state index contributed by atoms with van der Waals surface area (Å²) in [6.45, 7) is 0. The van der Waals surface area contributed by atoms with Gasteiger partial charge < -0.3 is 10.3 Å². The van der Waals surface area contributed by atoms with Crippen LogP contribution in [0.3, 0.4) is 0 Å². The van der Waals surface area contributed by atoms with Gasteiger partial charge in [0.2, 0.25) is 5.95 Å². The van der Waals surface area contributed by atoms with E-state index in [1.807, 2.05) is 30.3 Å². The van der Waals surface area contributed by atoms with E-state index >= 15 is 0 Å². The Morgan fingerprint density at radius 2 is 2.00 bits per heavy atom. The van der Waals surface area contributed by atoms with Crippen molar-refractivity contribution in [3.8, 4) is 0 Å². The summed E-state index contributed by atoms with van der Waals surface area (Å²) in [7, 11) is 0. The fraction of sp³-hybridized carbons (Fsp3) is 0. The van der Waals surface area contributed by atoms with E-state index in [1.54, 1.807) is 12.4 Å². The molecule has 0 saturated heterocycles. The maximum atomic E-state index is 11.4. The minimum atomic E-state index is -0.323. The van der Waals surface area contributed by atoms with Crippen LogP contribution in [-0.2, 0) is 0 Å². The van der Waals surface area contributed by atoms with Crippen LogP contribution in [0.4, 0.5) is 16.4 Å². The van der Waals surface area contributed by atoms with Crippen LogP contribution >= 0.6 is 0 Å². The summed E-state index contributed by atoms with van der Waals surface area (Å²) in [5.74, 6) is 0.420. The number of H-pyrrole nitrogens is 1. The summed E-state index contributed by atoms with van der Waals surface area (Å²) in [4.78, 5) is 18.0. The number of anilines is 2. The van der Waals surface area contributed by atoms with Crippen LogP contribution in [0.25, 0.3) is 0 Å². The number of carbonyl (C=O) groups is 1.